The van der Waals surface area contributed by atoms with Crippen molar-refractivity contribution in [2.24, 2.45) is 11.1 Å². The van der Waals surface area contributed by atoms with Crippen LogP contribution in [0, 0.1) is 5.41 Å². The molecule has 0 amide bonds. The summed E-state index contributed by atoms with van der Waals surface area (Å²) in [6.45, 7) is 5.23. The molecule has 0 aromatic rings. The van der Waals surface area contributed by atoms with E-state index in [0.29, 0.717) is 5.41 Å². The molecule has 2 heteroatoms. The van der Waals surface area contributed by atoms with Gasteiger partial charge in [-0.15, -0.1) is 0 Å². The van der Waals surface area contributed by atoms with E-state index in [0.717, 1.165) is 13.1 Å². The van der Waals surface area contributed by atoms with Crippen LogP contribution in [-0.4, -0.2) is 19.6 Å². The molecule has 0 spiro atoms. The highest BCUT2D eigenvalue weighted by atomic mass is 14.9. The Kier molecular flexibility index (Phi) is 4.02. The summed E-state index contributed by atoms with van der Waals surface area (Å²) < 4.78 is 0. The molecule has 0 unspecified atom stereocenters. The van der Waals surface area contributed by atoms with Gasteiger partial charge < -0.3 is 11.1 Å². The van der Waals surface area contributed by atoms with E-state index in [-0.39, 0.29) is 0 Å². The largest absolute Gasteiger partial charge is 0.329 e. The van der Waals surface area contributed by atoms with Crippen LogP contribution < -0.4 is 11.1 Å². The molecule has 1 aliphatic rings. The van der Waals surface area contributed by atoms with E-state index in [4.69, 9.17) is 5.73 Å². The topological polar surface area (TPSA) is 38.0 Å². The first kappa shape index (κ1) is 10.0. The van der Waals surface area contributed by atoms with Crippen molar-refractivity contribution in [3.8, 4) is 0 Å². The summed E-state index contributed by atoms with van der Waals surface area (Å²) >= 11 is 0. The minimum Gasteiger partial charge on any atom is -0.329 e. The highest BCUT2D eigenvalue weighted by Gasteiger charge is 2.30. The lowest BCUT2D eigenvalue weighted by Crippen LogP contribution is -2.34. The Morgan fingerprint density at radius 1 is 1.33 bits per heavy atom. The highest BCUT2D eigenvalue weighted by Crippen LogP contribution is 2.40. The van der Waals surface area contributed by atoms with Crippen molar-refractivity contribution in [1.82, 2.24) is 5.32 Å². The molecule has 0 bridgehead atoms. The Morgan fingerprint density at radius 2 is 2.00 bits per heavy atom. The molecule has 1 saturated carbocycles. The van der Waals surface area contributed by atoms with Crippen LogP contribution >= 0.6 is 0 Å². The maximum Gasteiger partial charge on any atom is 0.00747 e. The summed E-state index contributed by atoms with van der Waals surface area (Å²) in [6, 6.07) is 0. The van der Waals surface area contributed by atoms with E-state index in [2.05, 4.69) is 12.2 Å². The number of nitrogens with two attached hydrogens (primary N) is 1. The third kappa shape index (κ3) is 2.46. The monoisotopic (exact) mass is 170 g/mol. The SMILES string of the molecule is CCC1(CNCCN)CCCC1. The molecule has 0 aromatic carbocycles. The molecule has 3 N–H and O–H groups in total. The molecule has 1 aliphatic carbocycles. The summed E-state index contributed by atoms with van der Waals surface area (Å²) in [5.74, 6) is 0. The minimum atomic E-state index is 0.620. The molecule has 72 valence electrons. The Hall–Kier alpha value is -0.0800. The number of nitrogens with one attached hydrogen (secondary N) is 1. The van der Waals surface area contributed by atoms with Crippen molar-refractivity contribution < 1.29 is 0 Å². The first-order chi connectivity index (χ1) is 5.83. The maximum absolute atomic E-state index is 5.44. The van der Waals surface area contributed by atoms with Gasteiger partial charge in [-0.25, -0.2) is 0 Å². The summed E-state index contributed by atoms with van der Waals surface area (Å²) in [7, 11) is 0. The Balaban J connectivity index is 2.24. The van der Waals surface area contributed by atoms with Gasteiger partial charge in [0.15, 0.2) is 0 Å². The predicted molar refractivity (Wildman–Crippen MR) is 53.1 cm³/mol. The van der Waals surface area contributed by atoms with Crippen LogP contribution in [0.25, 0.3) is 0 Å². The van der Waals surface area contributed by atoms with Gasteiger partial charge in [-0.05, 0) is 24.7 Å². The summed E-state index contributed by atoms with van der Waals surface area (Å²) in [4.78, 5) is 0. The van der Waals surface area contributed by atoms with E-state index in [1.807, 2.05) is 0 Å². The summed E-state index contributed by atoms with van der Waals surface area (Å²) in [6.07, 6.45) is 7.02. The van der Waals surface area contributed by atoms with E-state index in [1.54, 1.807) is 0 Å². The van der Waals surface area contributed by atoms with E-state index < -0.39 is 0 Å². The van der Waals surface area contributed by atoms with Crippen LogP contribution in [0.15, 0.2) is 0 Å². The van der Waals surface area contributed by atoms with Gasteiger partial charge in [-0.1, -0.05) is 19.8 Å². The lowest BCUT2D eigenvalue weighted by atomic mass is 9.83. The summed E-state index contributed by atoms with van der Waals surface area (Å²) in [5.41, 5.74) is 6.06. The van der Waals surface area contributed by atoms with Gasteiger partial charge in [-0.2, -0.15) is 0 Å². The fourth-order valence-electron chi connectivity index (χ4n) is 2.24. The summed E-state index contributed by atoms with van der Waals surface area (Å²) in [5, 5.41) is 3.44. The average molecular weight is 170 g/mol. The fraction of sp³-hybridized carbons (Fsp3) is 1.00. The Labute approximate surface area is 75.9 Å². The van der Waals surface area contributed by atoms with Crippen molar-refractivity contribution >= 4 is 0 Å². The highest BCUT2D eigenvalue weighted by molar-refractivity contribution is 4.85. The molecule has 0 saturated heterocycles. The third-order valence-corrected chi connectivity index (χ3v) is 3.24. The van der Waals surface area contributed by atoms with Crippen LogP contribution in [0.5, 0.6) is 0 Å². The third-order valence-electron chi connectivity index (χ3n) is 3.24. The van der Waals surface area contributed by atoms with Gasteiger partial charge in [0, 0.05) is 19.6 Å². The standard InChI is InChI=1S/C10H22N2/c1-2-10(5-3-4-6-10)9-12-8-7-11/h12H,2-9,11H2,1H3. The predicted octanol–water partition coefficient (Wildman–Crippen LogP) is 1.51. The van der Waals surface area contributed by atoms with Crippen molar-refractivity contribution in [2.45, 2.75) is 39.0 Å². The molecule has 2 nitrogen and oxygen atoms in total. The molecule has 0 heterocycles. The first-order valence-corrected chi connectivity index (χ1v) is 5.24. The van der Waals surface area contributed by atoms with Crippen LogP contribution in [0.1, 0.15) is 39.0 Å². The van der Waals surface area contributed by atoms with Gasteiger partial charge in [0.05, 0.1) is 0 Å². The first-order valence-electron chi connectivity index (χ1n) is 5.24. The molecule has 0 atom stereocenters. The van der Waals surface area contributed by atoms with Crippen LogP contribution in [-0.2, 0) is 0 Å². The molecule has 0 radical (unpaired) electrons. The molecular formula is C10H22N2. The second-order valence-corrected chi connectivity index (χ2v) is 4.03. The zero-order valence-corrected chi connectivity index (χ0v) is 8.23. The van der Waals surface area contributed by atoms with Gasteiger partial charge in [0.25, 0.3) is 0 Å². The fourth-order valence-corrected chi connectivity index (χ4v) is 2.24. The van der Waals surface area contributed by atoms with Gasteiger partial charge in [-0.3, -0.25) is 0 Å². The Bertz CT molecular complexity index is 117. The van der Waals surface area contributed by atoms with Gasteiger partial charge in [0.1, 0.15) is 0 Å². The lowest BCUT2D eigenvalue weighted by molar-refractivity contribution is 0.270. The normalized spacial score (nSPS) is 21.5. The second-order valence-electron chi connectivity index (χ2n) is 4.03. The second kappa shape index (κ2) is 4.83. The Morgan fingerprint density at radius 3 is 2.50 bits per heavy atom. The van der Waals surface area contributed by atoms with Gasteiger partial charge >= 0.3 is 0 Å². The lowest BCUT2D eigenvalue weighted by Gasteiger charge is -2.27. The van der Waals surface area contributed by atoms with Crippen molar-refractivity contribution in [2.75, 3.05) is 19.6 Å². The number of hydrogen-bond donors (Lipinski definition) is 2. The van der Waals surface area contributed by atoms with Crippen molar-refractivity contribution in [3.05, 3.63) is 0 Å². The van der Waals surface area contributed by atoms with Gasteiger partial charge in [0.2, 0.25) is 0 Å². The van der Waals surface area contributed by atoms with E-state index in [9.17, 15) is 0 Å². The molecule has 0 aromatic heterocycles. The molecule has 1 fully saturated rings. The van der Waals surface area contributed by atoms with E-state index >= 15 is 0 Å². The molecule has 12 heavy (non-hydrogen) atoms. The number of rotatable bonds is 5. The van der Waals surface area contributed by atoms with Crippen molar-refractivity contribution in [3.63, 3.8) is 0 Å². The van der Waals surface area contributed by atoms with Crippen LogP contribution in [0.3, 0.4) is 0 Å². The number of hydrogen-bond acceptors (Lipinski definition) is 2. The van der Waals surface area contributed by atoms with Crippen LogP contribution in [0.2, 0.25) is 0 Å². The minimum absolute atomic E-state index is 0.620. The zero-order valence-electron chi connectivity index (χ0n) is 8.23. The smallest absolute Gasteiger partial charge is 0.00747 e. The van der Waals surface area contributed by atoms with E-state index in [1.165, 1.54) is 38.6 Å². The molecule has 1 rings (SSSR count). The van der Waals surface area contributed by atoms with Crippen LogP contribution in [0.4, 0.5) is 0 Å². The molecule has 0 aliphatic heterocycles. The maximum atomic E-state index is 5.44. The molecular weight excluding hydrogens is 148 g/mol. The zero-order chi connectivity index (χ0) is 8.86. The quantitative estimate of drug-likeness (QED) is 0.614. The van der Waals surface area contributed by atoms with Crippen molar-refractivity contribution in [1.29, 1.82) is 0 Å². The average Bonchev–Trinajstić information content (AvgIpc) is 2.55.